The maximum Gasteiger partial charge on any atom is 0.416 e. The standard InChI is InChI=1S/C16H22F3N3O3S/c1-20(2)15(23)12-21-7-4-8-22(10-9-21)26(24,25)14-6-3-5-13(11-14)16(17,18)19/h3,5-6,11H,4,7-10,12H2,1-2H3. The van der Waals surface area contributed by atoms with E-state index >= 15 is 0 Å². The maximum absolute atomic E-state index is 12.9. The number of hydrogen-bond acceptors (Lipinski definition) is 4. The maximum atomic E-state index is 12.9. The Bertz CT molecular complexity index is 751. The monoisotopic (exact) mass is 393 g/mol. The molecule has 0 aromatic heterocycles. The minimum atomic E-state index is -4.60. The Kier molecular flexibility index (Phi) is 6.30. The Morgan fingerprint density at radius 1 is 1.15 bits per heavy atom. The van der Waals surface area contributed by atoms with Crippen LogP contribution in [-0.2, 0) is 21.0 Å². The molecular weight excluding hydrogens is 371 g/mol. The zero-order chi connectivity index (χ0) is 19.5. The SMILES string of the molecule is CN(C)C(=O)CN1CCCN(S(=O)(=O)c2cccc(C(F)(F)F)c2)CC1. The second-order valence-corrected chi connectivity index (χ2v) is 8.29. The minimum Gasteiger partial charge on any atom is -0.348 e. The van der Waals surface area contributed by atoms with E-state index in [0.29, 0.717) is 25.6 Å². The summed E-state index contributed by atoms with van der Waals surface area (Å²) in [5.41, 5.74) is -0.994. The highest BCUT2D eigenvalue weighted by molar-refractivity contribution is 7.89. The summed E-state index contributed by atoms with van der Waals surface area (Å²) < 4.78 is 65.2. The predicted molar refractivity (Wildman–Crippen MR) is 90.0 cm³/mol. The summed E-state index contributed by atoms with van der Waals surface area (Å²) in [6.45, 7) is 1.40. The fourth-order valence-electron chi connectivity index (χ4n) is 2.66. The summed E-state index contributed by atoms with van der Waals surface area (Å²) >= 11 is 0. The molecule has 1 aliphatic rings. The molecular formula is C16H22F3N3O3S. The molecule has 1 amide bonds. The van der Waals surface area contributed by atoms with Crippen LogP contribution in [0.2, 0.25) is 0 Å². The number of halogens is 3. The van der Waals surface area contributed by atoms with Crippen LogP contribution in [0.3, 0.4) is 0 Å². The van der Waals surface area contributed by atoms with E-state index < -0.39 is 21.8 Å². The van der Waals surface area contributed by atoms with Gasteiger partial charge in [-0.05, 0) is 31.2 Å². The molecule has 26 heavy (non-hydrogen) atoms. The van der Waals surface area contributed by atoms with Crippen LogP contribution < -0.4 is 0 Å². The highest BCUT2D eigenvalue weighted by Crippen LogP contribution is 2.31. The van der Waals surface area contributed by atoms with Crippen molar-refractivity contribution in [2.45, 2.75) is 17.5 Å². The third-order valence-electron chi connectivity index (χ3n) is 4.20. The van der Waals surface area contributed by atoms with Gasteiger partial charge in [0.05, 0.1) is 17.0 Å². The van der Waals surface area contributed by atoms with Crippen LogP contribution in [0.4, 0.5) is 13.2 Å². The van der Waals surface area contributed by atoms with Gasteiger partial charge >= 0.3 is 6.18 Å². The van der Waals surface area contributed by atoms with Crippen molar-refractivity contribution in [2.24, 2.45) is 0 Å². The highest BCUT2D eigenvalue weighted by Gasteiger charge is 2.33. The molecule has 1 fully saturated rings. The molecule has 1 aliphatic heterocycles. The third kappa shape index (κ3) is 4.95. The van der Waals surface area contributed by atoms with Crippen molar-refractivity contribution in [3.8, 4) is 0 Å². The minimum absolute atomic E-state index is 0.0841. The quantitative estimate of drug-likeness (QED) is 0.778. The predicted octanol–water partition coefficient (Wildman–Crippen LogP) is 1.49. The molecule has 2 rings (SSSR count). The number of likely N-dealkylation sites (N-methyl/N-ethyl adjacent to an activating group) is 1. The number of alkyl halides is 3. The van der Waals surface area contributed by atoms with E-state index in [1.807, 2.05) is 4.90 Å². The van der Waals surface area contributed by atoms with Crippen molar-refractivity contribution >= 4 is 15.9 Å². The molecule has 0 spiro atoms. The van der Waals surface area contributed by atoms with Crippen molar-refractivity contribution < 1.29 is 26.4 Å². The summed E-state index contributed by atoms with van der Waals surface area (Å²) in [4.78, 5) is 14.7. The van der Waals surface area contributed by atoms with Crippen LogP contribution in [0.5, 0.6) is 0 Å². The summed E-state index contributed by atoms with van der Waals surface area (Å²) in [5.74, 6) is -0.0841. The fraction of sp³-hybridized carbons (Fsp3) is 0.562. The summed E-state index contributed by atoms with van der Waals surface area (Å²) in [7, 11) is -0.738. The molecule has 0 aliphatic carbocycles. The van der Waals surface area contributed by atoms with E-state index in [4.69, 9.17) is 0 Å². The second kappa shape index (κ2) is 7.93. The number of hydrogen-bond donors (Lipinski definition) is 0. The molecule has 10 heteroatoms. The smallest absolute Gasteiger partial charge is 0.348 e. The zero-order valence-corrected chi connectivity index (χ0v) is 15.5. The van der Waals surface area contributed by atoms with Crippen molar-refractivity contribution in [3.05, 3.63) is 29.8 Å². The van der Waals surface area contributed by atoms with Gasteiger partial charge in [-0.1, -0.05) is 6.07 Å². The first-order chi connectivity index (χ1) is 12.0. The van der Waals surface area contributed by atoms with Crippen molar-refractivity contribution in [2.75, 3.05) is 46.8 Å². The Labute approximate surface area is 151 Å². The van der Waals surface area contributed by atoms with Gasteiger partial charge in [-0.3, -0.25) is 9.69 Å². The second-order valence-electron chi connectivity index (χ2n) is 6.35. The Hall–Kier alpha value is -1.65. The normalized spacial score (nSPS) is 17.7. The van der Waals surface area contributed by atoms with Crippen LogP contribution in [0.1, 0.15) is 12.0 Å². The van der Waals surface area contributed by atoms with Gasteiger partial charge < -0.3 is 4.90 Å². The third-order valence-corrected chi connectivity index (χ3v) is 6.10. The van der Waals surface area contributed by atoms with E-state index in [0.717, 1.165) is 12.1 Å². The highest BCUT2D eigenvalue weighted by atomic mass is 32.2. The molecule has 1 heterocycles. The van der Waals surface area contributed by atoms with E-state index in [1.165, 1.54) is 15.3 Å². The average Bonchev–Trinajstić information content (AvgIpc) is 2.80. The summed E-state index contributed by atoms with van der Waals surface area (Å²) in [6.07, 6.45) is -4.10. The fourth-order valence-corrected chi connectivity index (χ4v) is 4.18. The lowest BCUT2D eigenvalue weighted by atomic mass is 10.2. The first-order valence-electron chi connectivity index (χ1n) is 8.12. The first-order valence-corrected chi connectivity index (χ1v) is 9.56. The average molecular weight is 393 g/mol. The van der Waals surface area contributed by atoms with Gasteiger partial charge in [0.2, 0.25) is 15.9 Å². The molecule has 0 bridgehead atoms. The molecule has 0 saturated carbocycles. The summed E-state index contributed by atoms with van der Waals surface area (Å²) in [6, 6.07) is 3.77. The van der Waals surface area contributed by atoms with Crippen LogP contribution >= 0.6 is 0 Å². The number of sulfonamides is 1. The first kappa shape index (κ1) is 20.7. The van der Waals surface area contributed by atoms with Gasteiger partial charge in [0, 0.05) is 33.7 Å². The molecule has 0 radical (unpaired) electrons. The number of carbonyl (C=O) groups excluding carboxylic acids is 1. The largest absolute Gasteiger partial charge is 0.416 e. The van der Waals surface area contributed by atoms with Gasteiger partial charge in [-0.2, -0.15) is 17.5 Å². The zero-order valence-electron chi connectivity index (χ0n) is 14.7. The molecule has 1 aromatic rings. The molecule has 1 saturated heterocycles. The van der Waals surface area contributed by atoms with Crippen LogP contribution in [-0.4, -0.2) is 75.2 Å². The number of carbonyl (C=O) groups is 1. The molecule has 6 nitrogen and oxygen atoms in total. The lowest BCUT2D eigenvalue weighted by Gasteiger charge is -2.22. The molecule has 1 aromatic carbocycles. The molecule has 0 N–H and O–H groups in total. The topological polar surface area (TPSA) is 60.9 Å². The van der Waals surface area contributed by atoms with E-state index in [9.17, 15) is 26.4 Å². The van der Waals surface area contributed by atoms with E-state index in [-0.39, 0.29) is 30.4 Å². The lowest BCUT2D eigenvalue weighted by molar-refractivity contribution is -0.137. The van der Waals surface area contributed by atoms with Crippen LogP contribution in [0.15, 0.2) is 29.2 Å². The number of amides is 1. The van der Waals surface area contributed by atoms with Gasteiger partial charge in [0.15, 0.2) is 0 Å². The summed E-state index contributed by atoms with van der Waals surface area (Å²) in [5, 5.41) is 0. The molecule has 0 unspecified atom stereocenters. The van der Waals surface area contributed by atoms with Crippen molar-refractivity contribution in [3.63, 3.8) is 0 Å². The molecule has 146 valence electrons. The molecule has 0 atom stereocenters. The van der Waals surface area contributed by atoms with Gasteiger partial charge in [-0.15, -0.1) is 0 Å². The van der Waals surface area contributed by atoms with E-state index in [1.54, 1.807) is 14.1 Å². The van der Waals surface area contributed by atoms with E-state index in [2.05, 4.69) is 0 Å². The number of rotatable bonds is 4. The van der Waals surface area contributed by atoms with Gasteiger partial charge in [-0.25, -0.2) is 8.42 Å². The van der Waals surface area contributed by atoms with Crippen LogP contribution in [0, 0.1) is 0 Å². The number of benzene rings is 1. The Balaban J connectivity index is 2.14. The van der Waals surface area contributed by atoms with Crippen molar-refractivity contribution in [1.82, 2.24) is 14.1 Å². The van der Waals surface area contributed by atoms with Crippen molar-refractivity contribution in [1.29, 1.82) is 0 Å². The Morgan fingerprint density at radius 2 is 1.85 bits per heavy atom. The lowest BCUT2D eigenvalue weighted by Crippen LogP contribution is -2.39. The van der Waals surface area contributed by atoms with Crippen LogP contribution in [0.25, 0.3) is 0 Å². The van der Waals surface area contributed by atoms with Gasteiger partial charge in [0.25, 0.3) is 0 Å². The van der Waals surface area contributed by atoms with Gasteiger partial charge in [0.1, 0.15) is 0 Å². The Morgan fingerprint density at radius 3 is 2.46 bits per heavy atom. The number of nitrogens with zero attached hydrogens (tertiary/aromatic N) is 3.